The lowest BCUT2D eigenvalue weighted by Crippen LogP contribution is -2.49. The van der Waals surface area contributed by atoms with Crippen LogP contribution in [0, 0.1) is 11.6 Å². The number of thioether (sulfide) groups is 1. The molecule has 1 N–H and O–H groups in total. The van der Waals surface area contributed by atoms with Crippen molar-refractivity contribution in [1.82, 2.24) is 15.1 Å². The molecule has 0 radical (unpaired) electrons. The molecule has 0 spiro atoms. The zero-order valence-electron chi connectivity index (χ0n) is 16.0. The van der Waals surface area contributed by atoms with E-state index in [1.807, 2.05) is 0 Å². The van der Waals surface area contributed by atoms with E-state index in [4.69, 9.17) is 0 Å². The van der Waals surface area contributed by atoms with Gasteiger partial charge in [0.1, 0.15) is 5.84 Å². The van der Waals surface area contributed by atoms with Gasteiger partial charge in [0.2, 0.25) is 0 Å². The quantitative estimate of drug-likeness (QED) is 0.589. The van der Waals surface area contributed by atoms with E-state index in [0.29, 0.717) is 38.6 Å². The molecule has 0 atom stereocenters. The van der Waals surface area contributed by atoms with Gasteiger partial charge in [-0.05, 0) is 18.2 Å². The number of benzene rings is 1. The molecule has 1 aromatic carbocycles. The van der Waals surface area contributed by atoms with Gasteiger partial charge in [-0.1, -0.05) is 31.0 Å². The number of amides is 1. The van der Waals surface area contributed by atoms with Crippen molar-refractivity contribution in [2.75, 3.05) is 45.0 Å². The van der Waals surface area contributed by atoms with Gasteiger partial charge < -0.3 is 10.2 Å². The SMILES string of the molecule is C=C/C(=N/C1=NCCS1)NC(=C)CN1CCN(C(=O)c2cccc(F)c2F)CC1. The summed E-state index contributed by atoms with van der Waals surface area (Å²) in [6.45, 7) is 11.2. The van der Waals surface area contributed by atoms with E-state index < -0.39 is 17.5 Å². The first-order valence-corrected chi connectivity index (χ1v) is 10.3. The van der Waals surface area contributed by atoms with Gasteiger partial charge in [-0.15, -0.1) is 0 Å². The van der Waals surface area contributed by atoms with Gasteiger partial charge in [0.15, 0.2) is 16.8 Å². The van der Waals surface area contributed by atoms with Crippen molar-refractivity contribution < 1.29 is 13.6 Å². The molecular weight excluding hydrogens is 396 g/mol. The molecule has 0 bridgehead atoms. The second-order valence-electron chi connectivity index (χ2n) is 6.61. The van der Waals surface area contributed by atoms with Crippen LogP contribution in [0.1, 0.15) is 10.4 Å². The normalized spacial score (nSPS) is 17.8. The van der Waals surface area contributed by atoms with Crippen molar-refractivity contribution in [3.05, 3.63) is 60.3 Å². The van der Waals surface area contributed by atoms with Crippen molar-refractivity contribution in [1.29, 1.82) is 0 Å². The minimum Gasteiger partial charge on any atom is -0.343 e. The van der Waals surface area contributed by atoms with Gasteiger partial charge in [0.05, 0.1) is 12.1 Å². The third kappa shape index (κ3) is 5.51. The summed E-state index contributed by atoms with van der Waals surface area (Å²) >= 11 is 1.60. The fourth-order valence-electron chi connectivity index (χ4n) is 3.06. The smallest absolute Gasteiger partial charge is 0.257 e. The van der Waals surface area contributed by atoms with Crippen molar-refractivity contribution in [2.24, 2.45) is 9.98 Å². The summed E-state index contributed by atoms with van der Waals surface area (Å²) in [4.78, 5) is 24.8. The van der Waals surface area contributed by atoms with Crippen LogP contribution >= 0.6 is 11.8 Å². The van der Waals surface area contributed by atoms with Gasteiger partial charge in [-0.3, -0.25) is 14.7 Å². The molecule has 0 aliphatic carbocycles. The van der Waals surface area contributed by atoms with E-state index in [2.05, 4.69) is 33.4 Å². The second-order valence-corrected chi connectivity index (χ2v) is 7.67. The number of nitrogens with zero attached hydrogens (tertiary/aromatic N) is 4. The molecule has 1 aromatic rings. The molecule has 1 fully saturated rings. The third-order valence-electron chi connectivity index (χ3n) is 4.54. The fraction of sp³-hybridized carbons (Fsp3) is 0.350. The molecule has 6 nitrogen and oxygen atoms in total. The van der Waals surface area contributed by atoms with Crippen LogP contribution < -0.4 is 5.32 Å². The minimum absolute atomic E-state index is 0.232. The summed E-state index contributed by atoms with van der Waals surface area (Å²) < 4.78 is 27.3. The van der Waals surface area contributed by atoms with E-state index in [1.54, 1.807) is 17.8 Å². The predicted molar refractivity (Wildman–Crippen MR) is 113 cm³/mol. The van der Waals surface area contributed by atoms with Crippen LogP contribution in [0.5, 0.6) is 0 Å². The van der Waals surface area contributed by atoms with Crippen LogP contribution in [-0.2, 0) is 0 Å². The fourth-order valence-corrected chi connectivity index (χ4v) is 3.77. The minimum atomic E-state index is -1.10. The average molecular weight is 420 g/mol. The Morgan fingerprint density at radius 2 is 2.07 bits per heavy atom. The second kappa shape index (κ2) is 9.80. The number of rotatable bonds is 5. The molecule has 0 aromatic heterocycles. The number of hydrogen-bond donors (Lipinski definition) is 1. The average Bonchev–Trinajstić information content (AvgIpc) is 3.22. The highest BCUT2D eigenvalue weighted by atomic mass is 32.2. The summed E-state index contributed by atoms with van der Waals surface area (Å²) in [5.41, 5.74) is 0.521. The Morgan fingerprint density at radius 1 is 1.31 bits per heavy atom. The number of carbonyl (C=O) groups is 1. The molecule has 2 aliphatic rings. The van der Waals surface area contributed by atoms with E-state index in [9.17, 15) is 13.6 Å². The molecule has 29 heavy (non-hydrogen) atoms. The van der Waals surface area contributed by atoms with E-state index in [-0.39, 0.29) is 5.56 Å². The van der Waals surface area contributed by atoms with Gasteiger partial charge in [0, 0.05) is 44.2 Å². The van der Waals surface area contributed by atoms with Crippen molar-refractivity contribution in [3.63, 3.8) is 0 Å². The monoisotopic (exact) mass is 419 g/mol. The molecule has 1 amide bonds. The number of nitrogens with one attached hydrogen (secondary N) is 1. The molecule has 2 aliphatic heterocycles. The van der Waals surface area contributed by atoms with Gasteiger partial charge in [0.25, 0.3) is 5.91 Å². The lowest BCUT2D eigenvalue weighted by atomic mass is 10.1. The number of hydrogen-bond acceptors (Lipinski definition) is 5. The number of amidine groups is 2. The topological polar surface area (TPSA) is 60.3 Å². The Morgan fingerprint density at radius 3 is 2.72 bits per heavy atom. The summed E-state index contributed by atoms with van der Waals surface area (Å²) in [5, 5.41) is 3.88. The molecular formula is C20H23F2N5OS. The number of piperazine rings is 1. The van der Waals surface area contributed by atoms with Crippen LogP contribution in [0.4, 0.5) is 8.78 Å². The highest BCUT2D eigenvalue weighted by molar-refractivity contribution is 8.14. The van der Waals surface area contributed by atoms with E-state index in [1.165, 1.54) is 17.0 Å². The zero-order valence-corrected chi connectivity index (χ0v) is 16.9. The van der Waals surface area contributed by atoms with Crippen LogP contribution in [0.15, 0.2) is 53.1 Å². The molecule has 3 rings (SSSR count). The molecule has 2 heterocycles. The van der Waals surface area contributed by atoms with Crippen molar-refractivity contribution in [2.45, 2.75) is 0 Å². The van der Waals surface area contributed by atoms with E-state index >= 15 is 0 Å². The zero-order chi connectivity index (χ0) is 20.8. The molecule has 154 valence electrons. The lowest BCUT2D eigenvalue weighted by molar-refractivity contribution is 0.0641. The number of carbonyl (C=O) groups excluding carboxylic acids is 1. The molecule has 0 saturated carbocycles. The van der Waals surface area contributed by atoms with Gasteiger partial charge in [-0.2, -0.15) is 0 Å². The summed E-state index contributed by atoms with van der Waals surface area (Å²) in [6.07, 6.45) is 1.62. The first-order chi connectivity index (χ1) is 14.0. The standard InChI is InChI=1S/C20H23F2N5OS/c1-3-17(25-20-23-7-12-29-20)24-14(2)13-26-8-10-27(11-9-26)19(28)15-5-4-6-16(21)18(15)22/h3-6H,1-2,7-13H2,(H,23,24,25). The van der Waals surface area contributed by atoms with Crippen molar-refractivity contribution in [3.8, 4) is 0 Å². The maximum atomic E-state index is 13.9. The van der Waals surface area contributed by atoms with Crippen LogP contribution in [0.3, 0.4) is 0 Å². The van der Waals surface area contributed by atoms with Gasteiger partial charge in [-0.25, -0.2) is 13.8 Å². The highest BCUT2D eigenvalue weighted by Gasteiger charge is 2.25. The summed E-state index contributed by atoms with van der Waals surface area (Å²) in [6, 6.07) is 3.65. The largest absolute Gasteiger partial charge is 0.343 e. The Balaban J connectivity index is 1.50. The maximum absolute atomic E-state index is 13.9. The Kier molecular flexibility index (Phi) is 7.16. The van der Waals surface area contributed by atoms with Crippen molar-refractivity contribution >= 4 is 28.7 Å². The summed E-state index contributed by atoms with van der Waals surface area (Å²) in [5.74, 6) is -1.07. The molecule has 9 heteroatoms. The van der Waals surface area contributed by atoms with Gasteiger partial charge >= 0.3 is 0 Å². The van der Waals surface area contributed by atoms with Crippen LogP contribution in [-0.4, -0.2) is 71.7 Å². The Bertz CT molecular complexity index is 862. The van der Waals surface area contributed by atoms with E-state index in [0.717, 1.165) is 29.2 Å². The number of aliphatic imine (C=N–C) groups is 2. The Hall–Kier alpha value is -2.52. The number of halogens is 2. The first-order valence-electron chi connectivity index (χ1n) is 9.26. The Labute approximate surface area is 173 Å². The summed E-state index contributed by atoms with van der Waals surface area (Å²) in [7, 11) is 0. The maximum Gasteiger partial charge on any atom is 0.257 e. The third-order valence-corrected chi connectivity index (χ3v) is 5.41. The predicted octanol–water partition coefficient (Wildman–Crippen LogP) is 2.51. The molecule has 1 saturated heterocycles. The molecule has 0 unspecified atom stereocenters. The van der Waals surface area contributed by atoms with Crippen LogP contribution in [0.2, 0.25) is 0 Å². The highest BCUT2D eigenvalue weighted by Crippen LogP contribution is 2.16. The van der Waals surface area contributed by atoms with Crippen LogP contribution in [0.25, 0.3) is 0 Å². The lowest BCUT2D eigenvalue weighted by Gasteiger charge is -2.35. The first kappa shape index (κ1) is 21.2.